The van der Waals surface area contributed by atoms with Crippen molar-refractivity contribution in [2.75, 3.05) is 20.8 Å². The largest absolute Gasteiger partial charge is 0.496 e. The van der Waals surface area contributed by atoms with Crippen LogP contribution < -0.4 is 10.5 Å². The van der Waals surface area contributed by atoms with Crippen molar-refractivity contribution in [2.24, 2.45) is 5.73 Å². The quantitative estimate of drug-likeness (QED) is 0.578. The van der Waals surface area contributed by atoms with E-state index in [0.717, 1.165) is 6.42 Å². The molecule has 0 aromatic heterocycles. The van der Waals surface area contributed by atoms with E-state index in [1.807, 2.05) is 6.07 Å². The third-order valence-corrected chi connectivity index (χ3v) is 2.57. The maximum Gasteiger partial charge on any atom is 0.183 e. The third kappa shape index (κ3) is 3.84. The molecular formula is C13H19NO3. The van der Waals surface area contributed by atoms with Gasteiger partial charge in [-0.3, -0.25) is 4.79 Å². The van der Waals surface area contributed by atoms with E-state index in [4.69, 9.17) is 15.2 Å². The standard InChI is InChI=1S/C13H19NO3/c1-16-9-5-7-11(14)13(15)10-6-3-4-8-12(10)17-2/h3-4,6,8,11H,5,7,9,14H2,1-2H3. The van der Waals surface area contributed by atoms with Crippen LogP contribution in [0.2, 0.25) is 0 Å². The van der Waals surface area contributed by atoms with Crippen molar-refractivity contribution >= 4 is 5.78 Å². The minimum Gasteiger partial charge on any atom is -0.496 e. The van der Waals surface area contributed by atoms with Crippen LogP contribution in [0.15, 0.2) is 24.3 Å². The number of nitrogens with two attached hydrogens (primary N) is 1. The number of hydrogen-bond donors (Lipinski definition) is 1. The van der Waals surface area contributed by atoms with Crippen LogP contribution in [0, 0.1) is 0 Å². The number of methoxy groups -OCH3 is 2. The van der Waals surface area contributed by atoms with Crippen molar-refractivity contribution in [1.29, 1.82) is 0 Å². The Kier molecular flexibility index (Phi) is 5.66. The van der Waals surface area contributed by atoms with E-state index in [1.165, 1.54) is 0 Å². The van der Waals surface area contributed by atoms with E-state index < -0.39 is 6.04 Å². The molecule has 0 bridgehead atoms. The molecule has 1 aromatic rings. The Morgan fingerprint density at radius 2 is 2.06 bits per heavy atom. The van der Waals surface area contributed by atoms with Crippen LogP contribution in [0.3, 0.4) is 0 Å². The van der Waals surface area contributed by atoms with Gasteiger partial charge in [0.25, 0.3) is 0 Å². The number of para-hydroxylation sites is 1. The van der Waals surface area contributed by atoms with Gasteiger partial charge in [-0.25, -0.2) is 0 Å². The van der Waals surface area contributed by atoms with E-state index in [2.05, 4.69) is 0 Å². The maximum atomic E-state index is 12.1. The molecule has 0 amide bonds. The predicted octanol–water partition coefficient (Wildman–Crippen LogP) is 1.63. The Hall–Kier alpha value is -1.39. The molecule has 0 aliphatic carbocycles. The summed E-state index contributed by atoms with van der Waals surface area (Å²) in [6.45, 7) is 0.618. The summed E-state index contributed by atoms with van der Waals surface area (Å²) < 4.78 is 10.1. The summed E-state index contributed by atoms with van der Waals surface area (Å²) >= 11 is 0. The zero-order chi connectivity index (χ0) is 12.7. The fourth-order valence-corrected chi connectivity index (χ4v) is 1.63. The lowest BCUT2D eigenvalue weighted by Gasteiger charge is -2.12. The second kappa shape index (κ2) is 7.04. The maximum absolute atomic E-state index is 12.1. The molecule has 0 heterocycles. The molecule has 94 valence electrons. The van der Waals surface area contributed by atoms with Gasteiger partial charge >= 0.3 is 0 Å². The van der Waals surface area contributed by atoms with Gasteiger partial charge in [0.15, 0.2) is 5.78 Å². The molecule has 4 heteroatoms. The summed E-state index contributed by atoms with van der Waals surface area (Å²) in [5, 5.41) is 0. The van der Waals surface area contributed by atoms with Gasteiger partial charge in [0.2, 0.25) is 0 Å². The van der Waals surface area contributed by atoms with Crippen LogP contribution in [0.1, 0.15) is 23.2 Å². The van der Waals surface area contributed by atoms with E-state index in [1.54, 1.807) is 32.4 Å². The van der Waals surface area contributed by atoms with Gasteiger partial charge in [-0.1, -0.05) is 12.1 Å². The summed E-state index contributed by atoms with van der Waals surface area (Å²) in [6, 6.07) is 6.62. The van der Waals surface area contributed by atoms with Gasteiger partial charge in [0, 0.05) is 13.7 Å². The highest BCUT2D eigenvalue weighted by atomic mass is 16.5. The second-order valence-corrected chi connectivity index (χ2v) is 3.81. The van der Waals surface area contributed by atoms with Crippen molar-refractivity contribution in [3.05, 3.63) is 29.8 Å². The van der Waals surface area contributed by atoms with E-state index in [-0.39, 0.29) is 5.78 Å². The zero-order valence-corrected chi connectivity index (χ0v) is 10.3. The highest BCUT2D eigenvalue weighted by Crippen LogP contribution is 2.19. The number of ether oxygens (including phenoxy) is 2. The van der Waals surface area contributed by atoms with E-state index >= 15 is 0 Å². The molecule has 0 spiro atoms. The summed E-state index contributed by atoms with van der Waals surface area (Å²) in [6.07, 6.45) is 1.39. The van der Waals surface area contributed by atoms with E-state index in [0.29, 0.717) is 24.3 Å². The number of carbonyl (C=O) groups excluding carboxylic acids is 1. The number of hydrogen-bond acceptors (Lipinski definition) is 4. The second-order valence-electron chi connectivity index (χ2n) is 3.81. The van der Waals surface area contributed by atoms with E-state index in [9.17, 15) is 4.79 Å². The Bertz CT molecular complexity index is 365. The Morgan fingerprint density at radius 1 is 1.35 bits per heavy atom. The topological polar surface area (TPSA) is 61.5 Å². The van der Waals surface area contributed by atoms with Crippen LogP contribution >= 0.6 is 0 Å². The van der Waals surface area contributed by atoms with Gasteiger partial charge in [-0.2, -0.15) is 0 Å². The molecule has 17 heavy (non-hydrogen) atoms. The Balaban J connectivity index is 2.67. The summed E-state index contributed by atoms with van der Waals surface area (Å²) in [5.41, 5.74) is 6.39. The molecule has 0 fully saturated rings. The highest BCUT2D eigenvalue weighted by Gasteiger charge is 2.18. The predicted molar refractivity (Wildman–Crippen MR) is 66.4 cm³/mol. The molecule has 2 N–H and O–H groups in total. The SMILES string of the molecule is COCCCC(N)C(=O)c1ccccc1OC. The fraction of sp³-hybridized carbons (Fsp3) is 0.462. The number of Topliss-reactive ketones (excluding diaryl/α,β-unsaturated/α-hetero) is 1. The van der Waals surface area contributed by atoms with Crippen LogP contribution in [-0.4, -0.2) is 32.7 Å². The fourth-order valence-electron chi connectivity index (χ4n) is 1.63. The molecule has 1 aromatic carbocycles. The number of ketones is 1. The van der Waals surface area contributed by atoms with Crippen molar-refractivity contribution in [3.63, 3.8) is 0 Å². The lowest BCUT2D eigenvalue weighted by atomic mass is 10.0. The summed E-state index contributed by atoms with van der Waals surface area (Å²) in [7, 11) is 3.18. The number of carbonyl (C=O) groups is 1. The van der Waals surface area contributed by atoms with Gasteiger partial charge in [-0.05, 0) is 25.0 Å². The molecule has 1 rings (SSSR count). The average Bonchev–Trinajstić information content (AvgIpc) is 2.38. The summed E-state index contributed by atoms with van der Waals surface area (Å²) in [4.78, 5) is 12.1. The number of rotatable bonds is 7. The third-order valence-electron chi connectivity index (χ3n) is 2.57. The van der Waals surface area contributed by atoms with Crippen molar-refractivity contribution in [1.82, 2.24) is 0 Å². The Labute approximate surface area is 102 Å². The first-order valence-corrected chi connectivity index (χ1v) is 5.62. The van der Waals surface area contributed by atoms with Crippen molar-refractivity contribution < 1.29 is 14.3 Å². The molecule has 1 atom stereocenters. The molecule has 1 unspecified atom stereocenters. The molecule has 4 nitrogen and oxygen atoms in total. The van der Waals surface area contributed by atoms with Gasteiger partial charge in [0.05, 0.1) is 18.7 Å². The lowest BCUT2D eigenvalue weighted by molar-refractivity contribution is 0.0947. The van der Waals surface area contributed by atoms with Crippen LogP contribution in [0.5, 0.6) is 5.75 Å². The number of benzene rings is 1. The first-order valence-electron chi connectivity index (χ1n) is 5.62. The highest BCUT2D eigenvalue weighted by molar-refractivity contribution is 6.02. The molecule has 0 aliphatic rings. The summed E-state index contributed by atoms with van der Waals surface area (Å²) in [5.74, 6) is 0.484. The molecule has 0 saturated carbocycles. The molecular weight excluding hydrogens is 218 g/mol. The zero-order valence-electron chi connectivity index (χ0n) is 10.3. The molecule has 0 radical (unpaired) electrons. The first kappa shape index (κ1) is 13.7. The smallest absolute Gasteiger partial charge is 0.183 e. The molecule has 0 saturated heterocycles. The normalized spacial score (nSPS) is 12.2. The monoisotopic (exact) mass is 237 g/mol. The van der Waals surface area contributed by atoms with Gasteiger partial charge in [-0.15, -0.1) is 0 Å². The Morgan fingerprint density at radius 3 is 2.71 bits per heavy atom. The molecule has 0 aliphatic heterocycles. The van der Waals surface area contributed by atoms with Gasteiger partial charge < -0.3 is 15.2 Å². The van der Waals surface area contributed by atoms with Crippen LogP contribution in [0.25, 0.3) is 0 Å². The van der Waals surface area contributed by atoms with Crippen molar-refractivity contribution in [2.45, 2.75) is 18.9 Å². The van der Waals surface area contributed by atoms with Crippen molar-refractivity contribution in [3.8, 4) is 5.75 Å². The van der Waals surface area contributed by atoms with Crippen LogP contribution in [-0.2, 0) is 4.74 Å². The lowest BCUT2D eigenvalue weighted by Crippen LogP contribution is -2.31. The van der Waals surface area contributed by atoms with Gasteiger partial charge in [0.1, 0.15) is 5.75 Å². The average molecular weight is 237 g/mol. The van der Waals surface area contributed by atoms with Crippen LogP contribution in [0.4, 0.5) is 0 Å². The minimum absolute atomic E-state index is 0.0847. The first-order chi connectivity index (χ1) is 8.20. The minimum atomic E-state index is -0.499.